The molecule has 1 saturated carbocycles. The molecular formula is C12H14F3NO2. The number of halogens is 3. The van der Waals surface area contributed by atoms with Crippen LogP contribution in [0.5, 0.6) is 11.5 Å². The molecule has 0 saturated heterocycles. The first kappa shape index (κ1) is 13.0. The minimum Gasteiger partial charge on any atom is -0.497 e. The first-order valence-electron chi connectivity index (χ1n) is 5.64. The van der Waals surface area contributed by atoms with Crippen LogP contribution in [0, 0.1) is 0 Å². The summed E-state index contributed by atoms with van der Waals surface area (Å²) in [5, 5.41) is 3.15. The highest BCUT2D eigenvalue weighted by atomic mass is 19.4. The number of alkyl halides is 3. The summed E-state index contributed by atoms with van der Waals surface area (Å²) in [4.78, 5) is 0. The fourth-order valence-corrected chi connectivity index (χ4v) is 1.57. The van der Waals surface area contributed by atoms with Crippen molar-refractivity contribution in [2.45, 2.75) is 31.8 Å². The highest BCUT2D eigenvalue weighted by Crippen LogP contribution is 2.30. The van der Waals surface area contributed by atoms with Crippen LogP contribution in [-0.2, 0) is 6.54 Å². The second kappa shape index (κ2) is 5.06. The van der Waals surface area contributed by atoms with E-state index in [2.05, 4.69) is 10.1 Å². The molecule has 1 fully saturated rings. The van der Waals surface area contributed by atoms with Crippen molar-refractivity contribution in [3.05, 3.63) is 23.8 Å². The predicted octanol–water partition coefficient (Wildman–Crippen LogP) is 2.85. The van der Waals surface area contributed by atoms with Gasteiger partial charge in [0.2, 0.25) is 0 Å². The number of benzene rings is 1. The van der Waals surface area contributed by atoms with Crippen molar-refractivity contribution in [3.8, 4) is 11.5 Å². The summed E-state index contributed by atoms with van der Waals surface area (Å²) < 4.78 is 45.8. The van der Waals surface area contributed by atoms with Crippen molar-refractivity contribution in [2.24, 2.45) is 0 Å². The predicted molar refractivity (Wildman–Crippen MR) is 59.5 cm³/mol. The lowest BCUT2D eigenvalue weighted by atomic mass is 10.2. The Labute approximate surface area is 103 Å². The topological polar surface area (TPSA) is 30.5 Å². The molecule has 1 aromatic rings. The normalized spacial score (nSPS) is 15.6. The number of rotatable bonds is 5. The molecule has 3 nitrogen and oxygen atoms in total. The van der Waals surface area contributed by atoms with Crippen molar-refractivity contribution in [3.63, 3.8) is 0 Å². The second-order valence-corrected chi connectivity index (χ2v) is 4.18. The van der Waals surface area contributed by atoms with Crippen LogP contribution < -0.4 is 14.8 Å². The molecule has 0 bridgehead atoms. The average Bonchev–Trinajstić information content (AvgIpc) is 3.09. The van der Waals surface area contributed by atoms with Crippen LogP contribution in [0.25, 0.3) is 0 Å². The van der Waals surface area contributed by atoms with Gasteiger partial charge in [-0.1, -0.05) is 6.07 Å². The SMILES string of the molecule is COc1ccc(CNC2CC2)c(OC(F)(F)F)c1. The van der Waals surface area contributed by atoms with Gasteiger partial charge in [-0.25, -0.2) is 0 Å². The summed E-state index contributed by atoms with van der Waals surface area (Å²) >= 11 is 0. The summed E-state index contributed by atoms with van der Waals surface area (Å²) in [6.07, 6.45) is -2.54. The van der Waals surface area contributed by atoms with Crippen molar-refractivity contribution >= 4 is 0 Å². The van der Waals surface area contributed by atoms with Gasteiger partial charge in [-0.05, 0) is 18.9 Å². The maximum absolute atomic E-state index is 12.3. The van der Waals surface area contributed by atoms with E-state index in [0.717, 1.165) is 12.8 Å². The Kier molecular flexibility index (Phi) is 3.65. The van der Waals surface area contributed by atoms with Crippen molar-refractivity contribution in [1.29, 1.82) is 0 Å². The van der Waals surface area contributed by atoms with Gasteiger partial charge in [0.25, 0.3) is 0 Å². The van der Waals surface area contributed by atoms with Gasteiger partial charge in [0.05, 0.1) is 7.11 Å². The fourth-order valence-electron chi connectivity index (χ4n) is 1.57. The molecule has 6 heteroatoms. The second-order valence-electron chi connectivity index (χ2n) is 4.18. The monoisotopic (exact) mass is 261 g/mol. The van der Waals surface area contributed by atoms with Gasteiger partial charge in [-0.15, -0.1) is 13.2 Å². The Balaban J connectivity index is 2.13. The Morgan fingerprint density at radius 2 is 2.06 bits per heavy atom. The lowest BCUT2D eigenvalue weighted by molar-refractivity contribution is -0.274. The maximum Gasteiger partial charge on any atom is 0.573 e. The molecule has 0 amide bonds. The van der Waals surface area contributed by atoms with E-state index in [4.69, 9.17) is 4.74 Å². The van der Waals surface area contributed by atoms with Crippen molar-refractivity contribution in [1.82, 2.24) is 5.32 Å². The van der Waals surface area contributed by atoms with Gasteiger partial charge < -0.3 is 14.8 Å². The van der Waals surface area contributed by atoms with E-state index >= 15 is 0 Å². The summed E-state index contributed by atoms with van der Waals surface area (Å²) in [6.45, 7) is 0.361. The molecule has 2 rings (SSSR count). The number of ether oxygens (including phenoxy) is 2. The third-order valence-electron chi connectivity index (χ3n) is 2.66. The van der Waals surface area contributed by atoms with Gasteiger partial charge in [0.1, 0.15) is 11.5 Å². The van der Waals surface area contributed by atoms with E-state index in [1.165, 1.54) is 13.2 Å². The lowest BCUT2D eigenvalue weighted by Gasteiger charge is -2.14. The van der Waals surface area contributed by atoms with Crippen LogP contribution in [0.3, 0.4) is 0 Å². The number of hydrogen-bond donors (Lipinski definition) is 1. The molecule has 0 aliphatic heterocycles. The summed E-state index contributed by atoms with van der Waals surface area (Å²) in [5.74, 6) is 0.124. The molecule has 100 valence electrons. The molecule has 1 N–H and O–H groups in total. The molecule has 0 aromatic heterocycles. The van der Waals surface area contributed by atoms with E-state index in [1.54, 1.807) is 12.1 Å². The van der Waals surface area contributed by atoms with E-state index in [9.17, 15) is 13.2 Å². The van der Waals surface area contributed by atoms with E-state index in [1.807, 2.05) is 0 Å². The van der Waals surface area contributed by atoms with E-state index in [0.29, 0.717) is 23.9 Å². The zero-order chi connectivity index (χ0) is 13.2. The summed E-state index contributed by atoms with van der Waals surface area (Å²) in [6, 6.07) is 4.87. The highest BCUT2D eigenvalue weighted by Gasteiger charge is 2.32. The number of nitrogens with one attached hydrogen (secondary N) is 1. The number of hydrogen-bond acceptors (Lipinski definition) is 3. The average molecular weight is 261 g/mol. The molecule has 0 heterocycles. The van der Waals surface area contributed by atoms with Crippen LogP contribution in [0.15, 0.2) is 18.2 Å². The van der Waals surface area contributed by atoms with Gasteiger partial charge >= 0.3 is 6.36 Å². The van der Waals surface area contributed by atoms with Gasteiger partial charge in [-0.3, -0.25) is 0 Å². The van der Waals surface area contributed by atoms with E-state index < -0.39 is 6.36 Å². The smallest absolute Gasteiger partial charge is 0.497 e. The Hall–Kier alpha value is -1.43. The molecule has 0 unspecified atom stereocenters. The van der Waals surface area contributed by atoms with Gasteiger partial charge in [0.15, 0.2) is 0 Å². The molecule has 1 aromatic carbocycles. The van der Waals surface area contributed by atoms with Gasteiger partial charge in [0, 0.05) is 24.2 Å². The molecule has 0 atom stereocenters. The number of methoxy groups -OCH3 is 1. The Morgan fingerprint density at radius 3 is 2.61 bits per heavy atom. The third-order valence-corrected chi connectivity index (χ3v) is 2.66. The molecular weight excluding hydrogens is 247 g/mol. The van der Waals surface area contributed by atoms with Crippen LogP contribution in [0.4, 0.5) is 13.2 Å². The molecule has 1 aliphatic rings. The fraction of sp³-hybridized carbons (Fsp3) is 0.500. The highest BCUT2D eigenvalue weighted by molar-refractivity contribution is 5.41. The van der Waals surface area contributed by atoms with Gasteiger partial charge in [-0.2, -0.15) is 0 Å². The van der Waals surface area contributed by atoms with Crippen molar-refractivity contribution < 1.29 is 22.6 Å². The maximum atomic E-state index is 12.3. The Morgan fingerprint density at radius 1 is 1.33 bits per heavy atom. The quantitative estimate of drug-likeness (QED) is 0.884. The van der Waals surface area contributed by atoms with Crippen LogP contribution in [0.2, 0.25) is 0 Å². The minimum absolute atomic E-state index is 0.213. The zero-order valence-electron chi connectivity index (χ0n) is 9.88. The molecule has 18 heavy (non-hydrogen) atoms. The minimum atomic E-state index is -4.69. The van der Waals surface area contributed by atoms with Crippen LogP contribution in [0.1, 0.15) is 18.4 Å². The third kappa shape index (κ3) is 3.80. The summed E-state index contributed by atoms with van der Waals surface area (Å²) in [5.41, 5.74) is 0.472. The standard InChI is InChI=1S/C12H14F3NO2/c1-17-10-5-2-8(7-16-9-3-4-9)11(6-10)18-12(13,14)15/h2,5-6,9,16H,3-4,7H2,1H3. The first-order chi connectivity index (χ1) is 8.48. The summed E-state index contributed by atoms with van der Waals surface area (Å²) in [7, 11) is 1.40. The first-order valence-corrected chi connectivity index (χ1v) is 5.64. The lowest BCUT2D eigenvalue weighted by Crippen LogP contribution is -2.20. The molecule has 0 spiro atoms. The Bertz CT molecular complexity index is 416. The largest absolute Gasteiger partial charge is 0.573 e. The van der Waals surface area contributed by atoms with Crippen LogP contribution >= 0.6 is 0 Å². The van der Waals surface area contributed by atoms with Crippen molar-refractivity contribution in [2.75, 3.05) is 7.11 Å². The van der Waals surface area contributed by atoms with Crippen LogP contribution in [-0.4, -0.2) is 19.5 Å². The molecule has 0 radical (unpaired) electrons. The zero-order valence-corrected chi connectivity index (χ0v) is 9.88. The van der Waals surface area contributed by atoms with E-state index in [-0.39, 0.29) is 5.75 Å². The molecule has 1 aliphatic carbocycles.